The maximum absolute atomic E-state index is 5.58. The molecule has 0 saturated heterocycles. The third-order valence-corrected chi connectivity index (χ3v) is 6.51. The summed E-state index contributed by atoms with van der Waals surface area (Å²) < 4.78 is 11.0. The lowest BCUT2D eigenvalue weighted by Gasteiger charge is -2.24. The van der Waals surface area contributed by atoms with Gasteiger partial charge >= 0.3 is 0 Å². The molecular formula is C8H18O2Si. The lowest BCUT2D eigenvalue weighted by Crippen LogP contribution is -2.40. The fourth-order valence-electron chi connectivity index (χ4n) is 1.34. The summed E-state index contributed by atoms with van der Waals surface area (Å²) in [5.74, 6) is 0. The molecule has 0 aromatic heterocycles. The summed E-state index contributed by atoms with van der Waals surface area (Å²) in [4.78, 5) is 0. The number of ether oxygens (including phenoxy) is 1. The van der Waals surface area contributed by atoms with Crippen molar-refractivity contribution in [3.05, 3.63) is 0 Å². The van der Waals surface area contributed by atoms with Crippen LogP contribution in [-0.4, -0.2) is 28.3 Å². The molecule has 0 radical (unpaired) electrons. The van der Waals surface area contributed by atoms with Crippen molar-refractivity contribution in [1.82, 2.24) is 0 Å². The third kappa shape index (κ3) is 2.29. The molecule has 1 fully saturated rings. The van der Waals surface area contributed by atoms with Crippen molar-refractivity contribution in [3.63, 3.8) is 0 Å². The van der Waals surface area contributed by atoms with E-state index in [1.54, 1.807) is 0 Å². The van der Waals surface area contributed by atoms with Crippen LogP contribution < -0.4 is 0 Å². The van der Waals surface area contributed by atoms with Gasteiger partial charge in [-0.15, -0.1) is 0 Å². The minimum atomic E-state index is -1.43. The summed E-state index contributed by atoms with van der Waals surface area (Å²) in [6.07, 6.45) is 3.61. The highest BCUT2D eigenvalue weighted by atomic mass is 28.4. The zero-order valence-electron chi connectivity index (χ0n) is 7.72. The van der Waals surface area contributed by atoms with Crippen molar-refractivity contribution >= 4 is 8.32 Å². The molecule has 1 atom stereocenters. The van der Waals surface area contributed by atoms with Gasteiger partial charge in [0.25, 0.3) is 0 Å². The van der Waals surface area contributed by atoms with E-state index in [2.05, 4.69) is 6.55 Å². The molecule has 11 heavy (non-hydrogen) atoms. The van der Waals surface area contributed by atoms with Gasteiger partial charge < -0.3 is 9.16 Å². The third-order valence-electron chi connectivity index (χ3n) is 2.50. The zero-order valence-corrected chi connectivity index (χ0v) is 8.72. The summed E-state index contributed by atoms with van der Waals surface area (Å²) in [5.41, 5.74) is 0.874. The summed E-state index contributed by atoms with van der Waals surface area (Å²) in [7, 11) is 0.404. The molecule has 0 heterocycles. The first-order valence-corrected chi connectivity index (χ1v) is 7.05. The Hall–Kier alpha value is 0.137. The largest absolute Gasteiger partial charge is 0.418 e. The molecule has 1 aliphatic rings. The molecule has 0 amide bonds. The van der Waals surface area contributed by atoms with E-state index in [1.165, 1.54) is 12.8 Å². The van der Waals surface area contributed by atoms with E-state index in [9.17, 15) is 0 Å². The van der Waals surface area contributed by atoms with Gasteiger partial charge in [-0.05, 0) is 19.0 Å². The summed E-state index contributed by atoms with van der Waals surface area (Å²) in [6.45, 7) is 5.14. The average molecular weight is 174 g/mol. The lowest BCUT2D eigenvalue weighted by molar-refractivity contribution is 0.171. The quantitative estimate of drug-likeness (QED) is 0.593. The Kier molecular flexibility index (Phi) is 3.10. The van der Waals surface area contributed by atoms with Crippen molar-refractivity contribution < 1.29 is 9.16 Å². The second kappa shape index (κ2) is 3.69. The highest BCUT2D eigenvalue weighted by molar-refractivity contribution is 6.74. The highest BCUT2D eigenvalue weighted by Gasteiger charge is 2.44. The van der Waals surface area contributed by atoms with Gasteiger partial charge in [-0.2, -0.15) is 0 Å². The fraction of sp³-hybridized carbons (Fsp3) is 1.00. The molecule has 0 N–H and O–H groups in total. The topological polar surface area (TPSA) is 18.5 Å². The predicted octanol–water partition coefficient (Wildman–Crippen LogP) is 1.95. The van der Waals surface area contributed by atoms with Crippen LogP contribution >= 0.6 is 0 Å². The average Bonchev–Trinajstić information content (AvgIpc) is 2.82. The van der Waals surface area contributed by atoms with Crippen molar-refractivity contribution in [3.8, 4) is 0 Å². The van der Waals surface area contributed by atoms with Crippen LogP contribution in [0.4, 0.5) is 0 Å². The van der Waals surface area contributed by atoms with Gasteiger partial charge in [0.05, 0.1) is 6.23 Å². The van der Waals surface area contributed by atoms with Gasteiger partial charge in [0, 0.05) is 13.7 Å². The molecule has 0 aliphatic heterocycles. The highest BCUT2D eigenvalue weighted by Crippen LogP contribution is 2.45. The van der Waals surface area contributed by atoms with Crippen molar-refractivity contribution in [2.75, 3.05) is 19.9 Å². The second-order valence-electron chi connectivity index (χ2n) is 3.43. The fourth-order valence-corrected chi connectivity index (χ4v) is 4.03. The van der Waals surface area contributed by atoms with Crippen LogP contribution in [0.25, 0.3) is 0 Å². The van der Waals surface area contributed by atoms with Crippen LogP contribution in [0, 0.1) is 0 Å². The molecule has 1 saturated carbocycles. The SMILES string of the molecule is CCOC[Si](C)(OC)C1CC1. The Morgan fingerprint density at radius 3 is 2.45 bits per heavy atom. The maximum Gasteiger partial charge on any atom is 0.217 e. The van der Waals surface area contributed by atoms with E-state index in [1.807, 2.05) is 14.0 Å². The maximum atomic E-state index is 5.58. The molecule has 1 aliphatic carbocycles. The van der Waals surface area contributed by atoms with Crippen molar-refractivity contribution in [2.24, 2.45) is 0 Å². The van der Waals surface area contributed by atoms with Crippen LogP contribution in [0.1, 0.15) is 19.8 Å². The molecule has 0 aromatic carbocycles. The predicted molar refractivity (Wildman–Crippen MR) is 48.1 cm³/mol. The van der Waals surface area contributed by atoms with E-state index >= 15 is 0 Å². The molecule has 0 spiro atoms. The molecule has 0 aromatic rings. The van der Waals surface area contributed by atoms with Crippen LogP contribution in [-0.2, 0) is 9.16 Å². The molecular weight excluding hydrogens is 156 g/mol. The molecule has 1 rings (SSSR count). The van der Waals surface area contributed by atoms with E-state index in [4.69, 9.17) is 9.16 Å². The standard InChI is InChI=1S/C8H18O2Si/c1-4-10-7-11(3,9-2)8-5-6-8/h8H,4-7H2,1-3H3. The second-order valence-corrected chi connectivity index (χ2v) is 7.57. The van der Waals surface area contributed by atoms with Crippen LogP contribution in [0.5, 0.6) is 0 Å². The normalized spacial score (nSPS) is 23.2. The van der Waals surface area contributed by atoms with Gasteiger partial charge in [-0.25, -0.2) is 0 Å². The monoisotopic (exact) mass is 174 g/mol. The van der Waals surface area contributed by atoms with Crippen LogP contribution in [0.3, 0.4) is 0 Å². The summed E-state index contributed by atoms with van der Waals surface area (Å²) in [5, 5.41) is 0. The smallest absolute Gasteiger partial charge is 0.217 e. The number of hydrogen-bond donors (Lipinski definition) is 0. The summed E-state index contributed by atoms with van der Waals surface area (Å²) in [6, 6.07) is 0. The van der Waals surface area contributed by atoms with Crippen molar-refractivity contribution in [2.45, 2.75) is 31.9 Å². The van der Waals surface area contributed by atoms with Gasteiger partial charge in [0.2, 0.25) is 8.32 Å². The Bertz CT molecular complexity index is 125. The van der Waals surface area contributed by atoms with Gasteiger partial charge in [0.1, 0.15) is 0 Å². The van der Waals surface area contributed by atoms with Gasteiger partial charge in [-0.3, -0.25) is 0 Å². The minimum Gasteiger partial charge on any atom is -0.418 e. The van der Waals surface area contributed by atoms with Gasteiger partial charge in [-0.1, -0.05) is 12.8 Å². The Morgan fingerprint density at radius 2 is 2.09 bits per heavy atom. The summed E-state index contributed by atoms with van der Waals surface area (Å²) >= 11 is 0. The first kappa shape index (κ1) is 9.23. The Morgan fingerprint density at radius 1 is 1.45 bits per heavy atom. The number of rotatable bonds is 5. The van der Waals surface area contributed by atoms with Crippen molar-refractivity contribution in [1.29, 1.82) is 0 Å². The molecule has 2 nitrogen and oxygen atoms in total. The van der Waals surface area contributed by atoms with E-state index in [0.29, 0.717) is 0 Å². The first-order chi connectivity index (χ1) is 5.23. The Labute approximate surface area is 70.0 Å². The molecule has 1 unspecified atom stereocenters. The molecule has 0 bridgehead atoms. The molecule has 66 valence electrons. The van der Waals surface area contributed by atoms with E-state index < -0.39 is 8.32 Å². The van der Waals surface area contributed by atoms with E-state index in [0.717, 1.165) is 18.4 Å². The minimum absolute atomic E-state index is 0.818. The zero-order chi connectivity index (χ0) is 8.32. The molecule has 3 heteroatoms. The van der Waals surface area contributed by atoms with Crippen LogP contribution in [0.15, 0.2) is 0 Å². The van der Waals surface area contributed by atoms with Gasteiger partial charge in [0.15, 0.2) is 0 Å². The lowest BCUT2D eigenvalue weighted by atomic mass is 10.9. The first-order valence-electron chi connectivity index (χ1n) is 4.36. The van der Waals surface area contributed by atoms with E-state index in [-0.39, 0.29) is 0 Å². The number of hydrogen-bond acceptors (Lipinski definition) is 2. The van der Waals surface area contributed by atoms with Crippen LogP contribution in [0.2, 0.25) is 12.1 Å². The Balaban J connectivity index is 2.31.